The molecule has 0 spiro atoms. The van der Waals surface area contributed by atoms with Crippen LogP contribution in [-0.2, 0) is 19.6 Å². The van der Waals surface area contributed by atoms with E-state index in [0.29, 0.717) is 42.0 Å². The number of nitrogens with zero attached hydrogens (tertiary/aromatic N) is 5. The van der Waals surface area contributed by atoms with Crippen LogP contribution in [0.15, 0.2) is 36.9 Å². The first-order valence-corrected chi connectivity index (χ1v) is 14.7. The maximum absolute atomic E-state index is 12.5. The lowest BCUT2D eigenvalue weighted by Crippen LogP contribution is -2.50. The molecule has 2 amide bonds. The van der Waals surface area contributed by atoms with Gasteiger partial charge in [-0.1, -0.05) is 32.9 Å². The first-order chi connectivity index (χ1) is 19.9. The molecule has 2 aliphatic heterocycles. The Labute approximate surface area is 246 Å². The largest absolute Gasteiger partial charge is 0.382 e. The molecule has 1 aromatic carbocycles. The summed E-state index contributed by atoms with van der Waals surface area (Å²) >= 11 is 0. The Morgan fingerprint density at radius 1 is 1.12 bits per heavy atom. The van der Waals surface area contributed by atoms with Crippen molar-refractivity contribution >= 4 is 28.7 Å². The Hall–Kier alpha value is -3.32. The molecule has 2 aromatic heterocycles. The average Bonchev–Trinajstić information content (AvgIpc) is 3.55. The van der Waals surface area contributed by atoms with Crippen LogP contribution in [-0.4, -0.2) is 80.7 Å². The molecule has 0 radical (unpaired) electrons. The Bertz CT molecular complexity index is 1430. The number of rotatable bonds is 7. The van der Waals surface area contributed by atoms with Crippen molar-refractivity contribution in [2.24, 2.45) is 5.92 Å². The fourth-order valence-electron chi connectivity index (χ4n) is 6.21. The molecule has 3 fully saturated rings. The van der Waals surface area contributed by atoms with E-state index in [9.17, 15) is 4.79 Å². The van der Waals surface area contributed by atoms with E-state index in [1.54, 1.807) is 6.33 Å². The maximum Gasteiger partial charge on any atom is 0.319 e. The van der Waals surface area contributed by atoms with Crippen LogP contribution >= 0.6 is 0 Å². The fourth-order valence-corrected chi connectivity index (χ4v) is 6.21. The lowest BCUT2D eigenvalue weighted by Gasteiger charge is -2.42. The molecule has 3 aliphatic rings. The SMILES string of the molecule is CN(CC1OC(n2cnc3c(N)ncnc32)C2OC(C)(C)OC12)C1CC(CNC(=O)Nc2ccc(C(C)(C)C)cc2)C1. The molecule has 4 atom stereocenters. The number of hydrogen-bond donors (Lipinski definition) is 3. The maximum atomic E-state index is 12.5. The third-order valence-electron chi connectivity index (χ3n) is 8.65. The van der Waals surface area contributed by atoms with E-state index in [2.05, 4.69) is 70.4 Å². The van der Waals surface area contributed by atoms with Gasteiger partial charge in [-0.25, -0.2) is 19.7 Å². The summed E-state index contributed by atoms with van der Waals surface area (Å²) < 4.78 is 21.0. The Morgan fingerprint density at radius 2 is 1.83 bits per heavy atom. The van der Waals surface area contributed by atoms with Crippen molar-refractivity contribution in [1.82, 2.24) is 29.7 Å². The summed E-state index contributed by atoms with van der Waals surface area (Å²) in [7, 11) is 2.12. The molecule has 4 N–H and O–H groups in total. The fraction of sp³-hybridized carbons (Fsp3) is 0.600. The van der Waals surface area contributed by atoms with Gasteiger partial charge in [0.05, 0.1) is 6.33 Å². The molecule has 2 saturated heterocycles. The van der Waals surface area contributed by atoms with E-state index in [-0.39, 0.29) is 29.8 Å². The molecular weight excluding hydrogens is 536 g/mol. The van der Waals surface area contributed by atoms with E-state index < -0.39 is 12.0 Å². The quantitative estimate of drug-likeness (QED) is 0.383. The van der Waals surface area contributed by atoms with Crippen molar-refractivity contribution in [2.75, 3.05) is 31.2 Å². The number of benzene rings is 1. The summed E-state index contributed by atoms with van der Waals surface area (Å²) in [4.78, 5) is 27.7. The second kappa shape index (κ2) is 10.7. The van der Waals surface area contributed by atoms with Crippen molar-refractivity contribution in [1.29, 1.82) is 0 Å². The minimum Gasteiger partial charge on any atom is -0.382 e. The number of carbonyl (C=O) groups excluding carboxylic acids is 1. The number of nitrogens with two attached hydrogens (primary N) is 1. The number of hydrogen-bond acceptors (Lipinski definition) is 9. The first kappa shape index (κ1) is 28.8. The van der Waals surface area contributed by atoms with Gasteiger partial charge in [0.15, 0.2) is 23.5 Å². The van der Waals surface area contributed by atoms with Gasteiger partial charge in [-0.05, 0) is 62.8 Å². The van der Waals surface area contributed by atoms with Crippen molar-refractivity contribution in [3.63, 3.8) is 0 Å². The smallest absolute Gasteiger partial charge is 0.319 e. The Morgan fingerprint density at radius 3 is 2.55 bits per heavy atom. The number of ether oxygens (including phenoxy) is 3. The summed E-state index contributed by atoms with van der Waals surface area (Å²) in [6.07, 6.45) is 3.93. The van der Waals surface area contributed by atoms with Crippen molar-refractivity contribution in [3.8, 4) is 0 Å². The summed E-state index contributed by atoms with van der Waals surface area (Å²) in [5.41, 5.74) is 9.26. The van der Waals surface area contributed by atoms with E-state index in [4.69, 9.17) is 19.9 Å². The zero-order valence-corrected chi connectivity index (χ0v) is 25.2. The first-order valence-electron chi connectivity index (χ1n) is 14.7. The van der Waals surface area contributed by atoms with Crippen LogP contribution in [0.2, 0.25) is 0 Å². The van der Waals surface area contributed by atoms with E-state index >= 15 is 0 Å². The second-order valence-corrected chi connectivity index (χ2v) is 13.3. The highest BCUT2D eigenvalue weighted by Gasteiger charge is 2.56. The molecule has 4 heterocycles. The predicted molar refractivity (Wildman–Crippen MR) is 159 cm³/mol. The monoisotopic (exact) mass is 578 g/mol. The molecule has 0 bridgehead atoms. The van der Waals surface area contributed by atoms with Gasteiger partial charge < -0.3 is 35.5 Å². The minimum absolute atomic E-state index is 0.0793. The summed E-state index contributed by atoms with van der Waals surface area (Å²) in [5.74, 6) is 0.0415. The number of fused-ring (bicyclic) bond motifs is 2. The molecule has 6 rings (SSSR count). The average molecular weight is 579 g/mol. The van der Waals surface area contributed by atoms with Crippen LogP contribution in [0.5, 0.6) is 0 Å². The summed E-state index contributed by atoms with van der Waals surface area (Å²) in [6, 6.07) is 8.26. The lowest BCUT2D eigenvalue weighted by molar-refractivity contribution is -0.198. The van der Waals surface area contributed by atoms with E-state index in [1.807, 2.05) is 30.5 Å². The van der Waals surface area contributed by atoms with Crippen LogP contribution in [0, 0.1) is 5.92 Å². The zero-order chi connectivity index (χ0) is 29.8. The van der Waals surface area contributed by atoms with Crippen molar-refractivity contribution in [2.45, 2.75) is 89.2 Å². The van der Waals surface area contributed by atoms with E-state index in [0.717, 1.165) is 18.5 Å². The molecular formula is C30H42N8O4. The van der Waals surface area contributed by atoms with Crippen LogP contribution < -0.4 is 16.4 Å². The lowest BCUT2D eigenvalue weighted by atomic mass is 9.79. The molecule has 1 aliphatic carbocycles. The number of nitrogen functional groups attached to an aromatic ring is 1. The van der Waals surface area contributed by atoms with Crippen molar-refractivity contribution in [3.05, 3.63) is 42.5 Å². The second-order valence-electron chi connectivity index (χ2n) is 13.3. The number of nitrogens with one attached hydrogen (secondary N) is 2. The normalized spacial score (nSPS) is 28.5. The number of carbonyl (C=O) groups is 1. The van der Waals surface area contributed by atoms with Gasteiger partial charge >= 0.3 is 6.03 Å². The van der Waals surface area contributed by atoms with E-state index in [1.165, 1.54) is 11.9 Å². The highest BCUT2D eigenvalue weighted by atomic mass is 16.8. The van der Waals surface area contributed by atoms with Gasteiger partial charge in [0.1, 0.15) is 30.2 Å². The van der Waals surface area contributed by atoms with Gasteiger partial charge in [0.2, 0.25) is 0 Å². The molecule has 226 valence electrons. The highest BCUT2D eigenvalue weighted by molar-refractivity contribution is 5.89. The topological polar surface area (TPSA) is 142 Å². The number of urea groups is 1. The van der Waals surface area contributed by atoms with Crippen molar-refractivity contribution < 1.29 is 19.0 Å². The van der Waals surface area contributed by atoms with Crippen LogP contribution in [0.3, 0.4) is 0 Å². The minimum atomic E-state index is -0.721. The highest BCUT2D eigenvalue weighted by Crippen LogP contribution is 2.44. The Balaban J connectivity index is 1.01. The van der Waals surface area contributed by atoms with Gasteiger partial charge in [-0.2, -0.15) is 0 Å². The molecule has 4 unspecified atom stereocenters. The third-order valence-corrected chi connectivity index (χ3v) is 8.65. The zero-order valence-electron chi connectivity index (χ0n) is 25.2. The number of amides is 2. The van der Waals surface area contributed by atoms with Crippen LogP contribution in [0.4, 0.5) is 16.3 Å². The molecule has 1 saturated carbocycles. The van der Waals surface area contributed by atoms with Crippen LogP contribution in [0.1, 0.15) is 59.3 Å². The number of imidazole rings is 1. The van der Waals surface area contributed by atoms with Gasteiger partial charge in [-0.3, -0.25) is 4.57 Å². The molecule has 42 heavy (non-hydrogen) atoms. The molecule has 3 aromatic rings. The van der Waals surface area contributed by atoms with Gasteiger partial charge in [0.25, 0.3) is 0 Å². The molecule has 12 heteroatoms. The summed E-state index contributed by atoms with van der Waals surface area (Å²) in [5, 5.41) is 5.97. The van der Waals surface area contributed by atoms with Gasteiger partial charge in [0, 0.05) is 24.8 Å². The summed E-state index contributed by atoms with van der Waals surface area (Å²) in [6.45, 7) is 11.7. The van der Waals surface area contributed by atoms with Gasteiger partial charge in [-0.15, -0.1) is 0 Å². The van der Waals surface area contributed by atoms with Crippen LogP contribution in [0.25, 0.3) is 11.2 Å². The standard InChI is InChI=1S/C30H42N8O4/c1-29(2,3)18-7-9-19(10-8-18)36-28(39)32-13-17-11-20(12-17)37(6)14-21-23-24(42-30(4,5)41-23)27(40-21)38-16-35-22-25(31)33-15-34-26(22)38/h7-10,15-17,20-21,23-24,27H,11-14H2,1-6H3,(H2,31,33,34)(H2,32,36,39). The third kappa shape index (κ3) is 5.68. The Kier molecular flexibility index (Phi) is 7.37. The predicted octanol–water partition coefficient (Wildman–Crippen LogP) is 3.66. The number of aromatic nitrogens is 4. The number of anilines is 2. The number of likely N-dealkylation sites (N-methyl/N-ethyl adjacent to an activating group) is 1. The molecule has 12 nitrogen and oxygen atoms in total.